The predicted octanol–water partition coefficient (Wildman–Crippen LogP) is 2.26. The Morgan fingerprint density at radius 3 is 2.50 bits per heavy atom. The van der Waals surface area contributed by atoms with Gasteiger partial charge in [0.2, 0.25) is 0 Å². The molecule has 5 heteroatoms. The molecule has 132 valence electrons. The summed E-state index contributed by atoms with van der Waals surface area (Å²) in [6, 6.07) is 10.6. The van der Waals surface area contributed by atoms with Gasteiger partial charge in [-0.1, -0.05) is 43.2 Å². The second-order valence-electron chi connectivity index (χ2n) is 7.29. The first-order valence-electron chi connectivity index (χ1n) is 9.16. The minimum atomic E-state index is -0.684. The van der Waals surface area contributed by atoms with Crippen molar-refractivity contribution >= 4 is 6.03 Å². The summed E-state index contributed by atoms with van der Waals surface area (Å²) in [5, 5.41) is 16.2. The number of hydrogen-bond donors (Lipinski definition) is 3. The topological polar surface area (TPSA) is 64.6 Å². The molecule has 2 amide bonds. The molecular weight excluding hydrogens is 302 g/mol. The first-order chi connectivity index (χ1) is 11.6. The van der Waals surface area contributed by atoms with Crippen LogP contribution in [0.15, 0.2) is 30.3 Å². The lowest BCUT2D eigenvalue weighted by atomic mass is 10.0. The first kappa shape index (κ1) is 17.2. The summed E-state index contributed by atoms with van der Waals surface area (Å²) >= 11 is 0. The third-order valence-electron chi connectivity index (χ3n) is 5.28. The Balaban J connectivity index is 1.35. The Labute approximate surface area is 144 Å². The monoisotopic (exact) mass is 331 g/mol. The summed E-state index contributed by atoms with van der Waals surface area (Å²) in [6.07, 6.45) is 5.66. The van der Waals surface area contributed by atoms with Crippen LogP contribution in [0.2, 0.25) is 0 Å². The van der Waals surface area contributed by atoms with E-state index in [0.29, 0.717) is 6.54 Å². The van der Waals surface area contributed by atoms with Gasteiger partial charge in [0.1, 0.15) is 0 Å². The molecule has 1 aromatic rings. The highest BCUT2D eigenvalue weighted by Crippen LogP contribution is 2.28. The maximum atomic E-state index is 12.0. The average Bonchev–Trinajstić information content (AvgIpc) is 3.03. The van der Waals surface area contributed by atoms with Crippen molar-refractivity contribution in [1.29, 1.82) is 0 Å². The van der Waals surface area contributed by atoms with Crippen LogP contribution in [0, 0.1) is 0 Å². The summed E-state index contributed by atoms with van der Waals surface area (Å²) in [6.45, 7) is 3.35. The lowest BCUT2D eigenvalue weighted by Gasteiger charge is -2.32. The fourth-order valence-corrected chi connectivity index (χ4v) is 3.77. The van der Waals surface area contributed by atoms with Gasteiger partial charge in [-0.2, -0.15) is 0 Å². The number of likely N-dealkylation sites (tertiary alicyclic amines) is 1. The van der Waals surface area contributed by atoms with Gasteiger partial charge in [-0.25, -0.2) is 4.79 Å². The number of piperidine rings is 1. The Morgan fingerprint density at radius 2 is 1.83 bits per heavy atom. The summed E-state index contributed by atoms with van der Waals surface area (Å²) in [5.41, 5.74) is 0.655. The molecule has 0 unspecified atom stereocenters. The number of benzene rings is 1. The molecule has 0 radical (unpaired) electrons. The van der Waals surface area contributed by atoms with E-state index >= 15 is 0 Å². The highest BCUT2D eigenvalue weighted by Gasteiger charge is 2.31. The second-order valence-corrected chi connectivity index (χ2v) is 7.29. The van der Waals surface area contributed by atoms with Gasteiger partial charge in [-0.3, -0.25) is 4.90 Å². The smallest absolute Gasteiger partial charge is 0.315 e. The number of urea groups is 1. The molecule has 0 bridgehead atoms. The molecule has 0 aromatic heterocycles. The number of carbonyl (C=O) groups excluding carboxylic acids is 1. The van der Waals surface area contributed by atoms with Gasteiger partial charge >= 0.3 is 6.03 Å². The van der Waals surface area contributed by atoms with Crippen LogP contribution < -0.4 is 10.6 Å². The van der Waals surface area contributed by atoms with Crippen molar-refractivity contribution < 1.29 is 9.90 Å². The Bertz CT molecular complexity index is 521. The number of nitrogens with zero attached hydrogens (tertiary/aromatic N) is 1. The van der Waals surface area contributed by atoms with Crippen LogP contribution in [-0.4, -0.2) is 47.3 Å². The zero-order chi connectivity index (χ0) is 16.8. The van der Waals surface area contributed by atoms with Crippen LogP contribution >= 0.6 is 0 Å². The van der Waals surface area contributed by atoms with E-state index in [1.807, 2.05) is 6.07 Å². The van der Waals surface area contributed by atoms with E-state index in [-0.39, 0.29) is 12.1 Å². The molecule has 5 nitrogen and oxygen atoms in total. The van der Waals surface area contributed by atoms with E-state index < -0.39 is 5.60 Å². The van der Waals surface area contributed by atoms with Crippen molar-refractivity contribution in [3.05, 3.63) is 35.9 Å². The van der Waals surface area contributed by atoms with Crippen LogP contribution in [-0.2, 0) is 6.54 Å². The number of amides is 2. The van der Waals surface area contributed by atoms with E-state index in [1.54, 1.807) is 0 Å². The van der Waals surface area contributed by atoms with Crippen LogP contribution in [0.1, 0.15) is 44.1 Å². The first-order valence-corrected chi connectivity index (χ1v) is 9.16. The van der Waals surface area contributed by atoms with Crippen LogP contribution in [0.5, 0.6) is 0 Å². The highest BCUT2D eigenvalue weighted by atomic mass is 16.3. The lowest BCUT2D eigenvalue weighted by Crippen LogP contribution is -2.50. The van der Waals surface area contributed by atoms with E-state index in [4.69, 9.17) is 0 Å². The van der Waals surface area contributed by atoms with Gasteiger partial charge in [0.15, 0.2) is 0 Å². The fraction of sp³-hybridized carbons (Fsp3) is 0.632. The van der Waals surface area contributed by atoms with Crippen molar-refractivity contribution in [3.63, 3.8) is 0 Å². The molecule has 2 fully saturated rings. The third-order valence-corrected chi connectivity index (χ3v) is 5.28. The minimum Gasteiger partial charge on any atom is -0.388 e. The SMILES string of the molecule is O=C(NCC1(O)CCCC1)NC1CCN(Cc2ccccc2)CC1. The van der Waals surface area contributed by atoms with Gasteiger partial charge < -0.3 is 15.7 Å². The maximum Gasteiger partial charge on any atom is 0.315 e. The Kier molecular flexibility index (Phi) is 5.74. The molecule has 1 aromatic carbocycles. The molecule has 1 saturated carbocycles. The van der Waals surface area contributed by atoms with Crippen molar-refractivity contribution in [3.8, 4) is 0 Å². The van der Waals surface area contributed by atoms with Crippen molar-refractivity contribution in [2.75, 3.05) is 19.6 Å². The van der Waals surface area contributed by atoms with E-state index in [2.05, 4.69) is 39.8 Å². The molecule has 0 atom stereocenters. The largest absolute Gasteiger partial charge is 0.388 e. The normalized spacial score (nSPS) is 21.5. The highest BCUT2D eigenvalue weighted by molar-refractivity contribution is 5.74. The summed E-state index contributed by atoms with van der Waals surface area (Å²) in [5.74, 6) is 0. The third kappa shape index (κ3) is 4.95. The van der Waals surface area contributed by atoms with Crippen molar-refractivity contribution in [2.24, 2.45) is 0 Å². The standard InChI is InChI=1S/C19H29N3O2/c23-18(20-15-19(24)10-4-5-11-19)21-17-8-12-22(13-9-17)14-16-6-2-1-3-7-16/h1-3,6-7,17,24H,4-5,8-15H2,(H2,20,21,23). The molecule has 1 heterocycles. The van der Waals surface area contributed by atoms with Crippen LogP contribution in [0.3, 0.4) is 0 Å². The van der Waals surface area contributed by atoms with E-state index in [0.717, 1.165) is 58.2 Å². The minimum absolute atomic E-state index is 0.142. The molecule has 0 spiro atoms. The number of aliphatic hydroxyl groups is 1. The predicted molar refractivity (Wildman–Crippen MR) is 94.7 cm³/mol. The summed E-state index contributed by atoms with van der Waals surface area (Å²) in [4.78, 5) is 14.5. The molecule has 3 rings (SSSR count). The average molecular weight is 331 g/mol. The van der Waals surface area contributed by atoms with E-state index in [9.17, 15) is 9.90 Å². The van der Waals surface area contributed by atoms with Gasteiger partial charge in [-0.05, 0) is 31.2 Å². The number of rotatable bonds is 5. The summed E-state index contributed by atoms with van der Waals surface area (Å²) < 4.78 is 0. The molecule has 2 aliphatic rings. The molecule has 1 saturated heterocycles. The Hall–Kier alpha value is -1.59. The number of hydrogen-bond acceptors (Lipinski definition) is 3. The Morgan fingerprint density at radius 1 is 1.17 bits per heavy atom. The van der Waals surface area contributed by atoms with Gasteiger partial charge in [0.25, 0.3) is 0 Å². The number of carbonyl (C=O) groups is 1. The van der Waals surface area contributed by atoms with Gasteiger partial charge in [0, 0.05) is 32.2 Å². The zero-order valence-electron chi connectivity index (χ0n) is 14.3. The van der Waals surface area contributed by atoms with Gasteiger partial charge in [0.05, 0.1) is 5.60 Å². The molecule has 3 N–H and O–H groups in total. The van der Waals surface area contributed by atoms with Crippen LogP contribution in [0.4, 0.5) is 4.79 Å². The van der Waals surface area contributed by atoms with Crippen LogP contribution in [0.25, 0.3) is 0 Å². The zero-order valence-corrected chi connectivity index (χ0v) is 14.3. The van der Waals surface area contributed by atoms with E-state index in [1.165, 1.54) is 5.56 Å². The second kappa shape index (κ2) is 7.99. The van der Waals surface area contributed by atoms with Crippen molar-refractivity contribution in [2.45, 2.75) is 56.7 Å². The summed E-state index contributed by atoms with van der Waals surface area (Å²) in [7, 11) is 0. The molecular formula is C19H29N3O2. The van der Waals surface area contributed by atoms with Crippen molar-refractivity contribution in [1.82, 2.24) is 15.5 Å². The lowest BCUT2D eigenvalue weighted by molar-refractivity contribution is 0.0498. The van der Waals surface area contributed by atoms with Gasteiger partial charge in [-0.15, -0.1) is 0 Å². The quantitative estimate of drug-likeness (QED) is 0.775. The number of nitrogens with one attached hydrogen (secondary N) is 2. The maximum absolute atomic E-state index is 12.0. The molecule has 24 heavy (non-hydrogen) atoms. The molecule has 1 aliphatic heterocycles. The molecule has 1 aliphatic carbocycles. The fourth-order valence-electron chi connectivity index (χ4n) is 3.77.